The van der Waals surface area contributed by atoms with E-state index in [0.29, 0.717) is 5.02 Å². The molecule has 0 radical (unpaired) electrons. The molecule has 0 unspecified atom stereocenters. The SMILES string of the molecule is C[C@H](N[C@@H](Cc1ccc(-c2cccc(Cl)c2)cc1)C(=O)O)C(=O)OC(C)(C)C. The highest BCUT2D eigenvalue weighted by molar-refractivity contribution is 6.30. The zero-order valence-electron chi connectivity index (χ0n) is 16.5. The molecule has 0 aliphatic heterocycles. The predicted octanol–water partition coefficient (Wildman–Crippen LogP) is 4.32. The lowest BCUT2D eigenvalue weighted by atomic mass is 10.0. The third-order valence-electron chi connectivity index (χ3n) is 4.06. The fourth-order valence-electron chi connectivity index (χ4n) is 2.71. The summed E-state index contributed by atoms with van der Waals surface area (Å²) in [5, 5.41) is 13.0. The molecule has 0 saturated carbocycles. The van der Waals surface area contributed by atoms with E-state index in [-0.39, 0.29) is 6.42 Å². The Bertz CT molecular complexity index is 827. The van der Waals surface area contributed by atoms with E-state index in [9.17, 15) is 14.7 Å². The quantitative estimate of drug-likeness (QED) is 0.673. The number of hydrogen-bond donors (Lipinski definition) is 2. The first kappa shape index (κ1) is 21.9. The molecule has 0 saturated heterocycles. The normalized spacial score (nSPS) is 13.6. The van der Waals surface area contributed by atoms with E-state index in [1.807, 2.05) is 48.5 Å². The molecule has 0 aliphatic carbocycles. The number of hydrogen-bond acceptors (Lipinski definition) is 4. The summed E-state index contributed by atoms with van der Waals surface area (Å²) in [6, 6.07) is 13.5. The van der Waals surface area contributed by atoms with Gasteiger partial charge in [-0.2, -0.15) is 0 Å². The number of carbonyl (C=O) groups excluding carboxylic acids is 1. The van der Waals surface area contributed by atoms with Gasteiger partial charge in [0.25, 0.3) is 0 Å². The second-order valence-corrected chi connectivity index (χ2v) is 8.16. The molecule has 2 aromatic carbocycles. The fraction of sp³-hybridized carbons (Fsp3) is 0.364. The van der Waals surface area contributed by atoms with Gasteiger partial charge in [-0.1, -0.05) is 48.0 Å². The van der Waals surface area contributed by atoms with Crippen LogP contribution in [0.2, 0.25) is 5.02 Å². The second-order valence-electron chi connectivity index (χ2n) is 7.72. The van der Waals surface area contributed by atoms with Crippen LogP contribution in [0, 0.1) is 0 Å². The number of aliphatic carboxylic acids is 1. The van der Waals surface area contributed by atoms with Gasteiger partial charge in [0, 0.05) is 5.02 Å². The predicted molar refractivity (Wildman–Crippen MR) is 110 cm³/mol. The average Bonchev–Trinajstić information content (AvgIpc) is 2.60. The molecule has 0 spiro atoms. The number of halogens is 1. The van der Waals surface area contributed by atoms with Gasteiger partial charge >= 0.3 is 11.9 Å². The van der Waals surface area contributed by atoms with Gasteiger partial charge in [-0.15, -0.1) is 0 Å². The minimum absolute atomic E-state index is 0.248. The van der Waals surface area contributed by atoms with E-state index in [2.05, 4.69) is 5.32 Å². The fourth-order valence-corrected chi connectivity index (χ4v) is 2.90. The molecule has 2 atom stereocenters. The molecule has 2 N–H and O–H groups in total. The van der Waals surface area contributed by atoms with Crippen molar-refractivity contribution in [3.05, 3.63) is 59.1 Å². The Balaban J connectivity index is 2.06. The summed E-state index contributed by atoms with van der Waals surface area (Å²) in [5.41, 5.74) is 2.21. The van der Waals surface area contributed by atoms with Crippen molar-refractivity contribution in [2.75, 3.05) is 0 Å². The standard InChI is InChI=1S/C22H26ClNO4/c1-14(21(27)28-22(2,3)4)24-19(20(25)26)12-15-8-10-16(11-9-15)17-6-5-7-18(23)13-17/h5-11,13-14,19,24H,12H2,1-4H3,(H,25,26)/t14-,19-/m0/s1. The van der Waals surface area contributed by atoms with Crippen molar-refractivity contribution in [1.82, 2.24) is 5.32 Å². The summed E-state index contributed by atoms with van der Waals surface area (Å²) in [4.78, 5) is 23.8. The van der Waals surface area contributed by atoms with Crippen LogP contribution in [0.4, 0.5) is 0 Å². The summed E-state index contributed by atoms with van der Waals surface area (Å²) in [6.07, 6.45) is 0.248. The molecule has 0 fully saturated rings. The van der Waals surface area contributed by atoms with Crippen molar-refractivity contribution < 1.29 is 19.4 Å². The average molecular weight is 404 g/mol. The maximum atomic E-state index is 12.1. The van der Waals surface area contributed by atoms with Crippen LogP contribution in [-0.4, -0.2) is 34.7 Å². The van der Waals surface area contributed by atoms with E-state index >= 15 is 0 Å². The summed E-state index contributed by atoms with van der Waals surface area (Å²) in [5.74, 6) is -1.50. The van der Waals surface area contributed by atoms with Crippen LogP contribution in [0.1, 0.15) is 33.3 Å². The van der Waals surface area contributed by atoms with Gasteiger partial charge in [-0.3, -0.25) is 14.9 Å². The highest BCUT2D eigenvalue weighted by atomic mass is 35.5. The molecule has 0 heterocycles. The van der Waals surface area contributed by atoms with E-state index in [1.54, 1.807) is 27.7 Å². The highest BCUT2D eigenvalue weighted by Gasteiger charge is 2.27. The zero-order valence-corrected chi connectivity index (χ0v) is 17.3. The molecule has 0 aromatic heterocycles. The number of carbonyl (C=O) groups is 2. The summed E-state index contributed by atoms with van der Waals surface area (Å²) >= 11 is 6.03. The first-order valence-corrected chi connectivity index (χ1v) is 9.49. The Kier molecular flexibility index (Phi) is 7.22. The van der Waals surface area contributed by atoms with E-state index in [0.717, 1.165) is 16.7 Å². The summed E-state index contributed by atoms with van der Waals surface area (Å²) in [7, 11) is 0. The van der Waals surface area contributed by atoms with Crippen molar-refractivity contribution >= 4 is 23.5 Å². The van der Waals surface area contributed by atoms with E-state index < -0.39 is 29.6 Å². The highest BCUT2D eigenvalue weighted by Crippen LogP contribution is 2.23. The van der Waals surface area contributed by atoms with Crippen LogP contribution in [0.3, 0.4) is 0 Å². The van der Waals surface area contributed by atoms with Crippen LogP contribution in [-0.2, 0) is 20.7 Å². The second kappa shape index (κ2) is 9.22. The van der Waals surface area contributed by atoms with Crippen molar-refractivity contribution in [2.24, 2.45) is 0 Å². The summed E-state index contributed by atoms with van der Waals surface area (Å²) in [6.45, 7) is 6.92. The van der Waals surface area contributed by atoms with Gasteiger partial charge in [-0.05, 0) is 62.9 Å². The molecule has 0 aliphatic rings. The van der Waals surface area contributed by atoms with Crippen LogP contribution < -0.4 is 5.32 Å². The van der Waals surface area contributed by atoms with Crippen LogP contribution in [0.15, 0.2) is 48.5 Å². The first-order chi connectivity index (χ1) is 13.0. The molecule has 0 bridgehead atoms. The molecule has 5 nitrogen and oxygen atoms in total. The van der Waals surface area contributed by atoms with Crippen LogP contribution in [0.5, 0.6) is 0 Å². The number of carboxylic acid groups (broad SMARTS) is 1. The van der Waals surface area contributed by atoms with Gasteiger partial charge in [0.1, 0.15) is 17.7 Å². The molecule has 0 amide bonds. The largest absolute Gasteiger partial charge is 0.480 e. The monoisotopic (exact) mass is 403 g/mol. The molecule has 6 heteroatoms. The molecule has 2 rings (SSSR count). The van der Waals surface area contributed by atoms with Crippen molar-refractivity contribution in [1.29, 1.82) is 0 Å². The lowest BCUT2D eigenvalue weighted by Gasteiger charge is -2.24. The lowest BCUT2D eigenvalue weighted by molar-refractivity contribution is -0.157. The van der Waals surface area contributed by atoms with Crippen molar-refractivity contribution in [3.8, 4) is 11.1 Å². The van der Waals surface area contributed by atoms with Gasteiger partial charge in [-0.25, -0.2) is 0 Å². The summed E-state index contributed by atoms with van der Waals surface area (Å²) < 4.78 is 5.30. The number of ether oxygens (including phenoxy) is 1. The Morgan fingerprint density at radius 2 is 1.75 bits per heavy atom. The van der Waals surface area contributed by atoms with Crippen LogP contribution >= 0.6 is 11.6 Å². The number of esters is 1. The maximum Gasteiger partial charge on any atom is 0.323 e. The van der Waals surface area contributed by atoms with Gasteiger partial charge < -0.3 is 9.84 Å². The first-order valence-electron chi connectivity index (χ1n) is 9.12. The Labute approximate surface area is 170 Å². The molecule has 2 aromatic rings. The number of nitrogens with one attached hydrogen (secondary N) is 1. The van der Waals surface area contributed by atoms with Crippen LogP contribution in [0.25, 0.3) is 11.1 Å². The topological polar surface area (TPSA) is 75.6 Å². The minimum atomic E-state index is -1.02. The third kappa shape index (κ3) is 6.66. The number of carboxylic acids is 1. The van der Waals surface area contributed by atoms with E-state index in [4.69, 9.17) is 16.3 Å². The molecular formula is C22H26ClNO4. The maximum absolute atomic E-state index is 12.1. The Hall–Kier alpha value is -2.37. The van der Waals surface area contributed by atoms with Crippen molar-refractivity contribution in [3.63, 3.8) is 0 Å². The van der Waals surface area contributed by atoms with E-state index in [1.165, 1.54) is 0 Å². The number of rotatable bonds is 7. The van der Waals surface area contributed by atoms with Gasteiger partial charge in [0.15, 0.2) is 0 Å². The van der Waals surface area contributed by atoms with Gasteiger partial charge in [0.2, 0.25) is 0 Å². The lowest BCUT2D eigenvalue weighted by Crippen LogP contribution is -2.48. The molecular weight excluding hydrogens is 378 g/mol. The van der Waals surface area contributed by atoms with Crippen molar-refractivity contribution in [2.45, 2.75) is 51.8 Å². The molecule has 28 heavy (non-hydrogen) atoms. The Morgan fingerprint density at radius 1 is 1.11 bits per heavy atom. The molecule has 150 valence electrons. The minimum Gasteiger partial charge on any atom is -0.480 e. The van der Waals surface area contributed by atoms with Gasteiger partial charge in [0.05, 0.1) is 0 Å². The Morgan fingerprint density at radius 3 is 2.29 bits per heavy atom. The zero-order chi connectivity index (χ0) is 20.9. The third-order valence-corrected chi connectivity index (χ3v) is 4.30. The number of benzene rings is 2. The smallest absolute Gasteiger partial charge is 0.323 e.